The molecule has 128 valence electrons. The molecule has 1 aliphatic heterocycles. The van der Waals surface area contributed by atoms with E-state index in [1.54, 1.807) is 11.3 Å². The van der Waals surface area contributed by atoms with Crippen LogP contribution in [-0.2, 0) is 0 Å². The van der Waals surface area contributed by atoms with Crippen LogP contribution in [0.2, 0.25) is 0 Å². The van der Waals surface area contributed by atoms with Gasteiger partial charge < -0.3 is 14.0 Å². The van der Waals surface area contributed by atoms with E-state index in [0.29, 0.717) is 5.92 Å². The number of fused-ring (bicyclic) bond motifs is 3. The Labute approximate surface area is 147 Å². The molecule has 0 radical (unpaired) electrons. The Morgan fingerprint density at radius 1 is 1.25 bits per heavy atom. The van der Waals surface area contributed by atoms with Crippen molar-refractivity contribution in [3.05, 3.63) is 29.8 Å². The lowest BCUT2D eigenvalue weighted by Gasteiger charge is -2.31. The molecular formula is C19H25N3OS. The number of thiophene rings is 1. The van der Waals surface area contributed by atoms with Crippen LogP contribution in [0, 0.1) is 5.92 Å². The van der Waals surface area contributed by atoms with E-state index in [1.807, 2.05) is 0 Å². The van der Waals surface area contributed by atoms with Gasteiger partial charge in [0.25, 0.3) is 0 Å². The zero-order chi connectivity index (χ0) is 16.4. The van der Waals surface area contributed by atoms with Gasteiger partial charge in [0.1, 0.15) is 10.3 Å². The van der Waals surface area contributed by atoms with E-state index in [4.69, 9.17) is 9.72 Å². The molecule has 0 saturated carbocycles. The van der Waals surface area contributed by atoms with Crippen molar-refractivity contribution >= 4 is 27.2 Å². The van der Waals surface area contributed by atoms with Gasteiger partial charge in [-0.25, -0.2) is 0 Å². The number of hydrogen-bond donors (Lipinski definition) is 0. The van der Waals surface area contributed by atoms with Gasteiger partial charge in [-0.2, -0.15) is 4.98 Å². The Morgan fingerprint density at radius 3 is 2.96 bits per heavy atom. The molecule has 0 aliphatic carbocycles. The first-order chi connectivity index (χ1) is 11.8. The number of piperidine rings is 1. The summed E-state index contributed by atoms with van der Waals surface area (Å²) in [7, 11) is 0. The van der Waals surface area contributed by atoms with Gasteiger partial charge in [0.15, 0.2) is 0 Å². The minimum atomic E-state index is 0.652. The average molecular weight is 343 g/mol. The summed E-state index contributed by atoms with van der Waals surface area (Å²) in [6.45, 7) is 6.73. The SMILES string of the molecule is CCCCN1CCC(COc2nc3sccc3n3cccc23)CC1. The molecule has 3 aromatic rings. The zero-order valence-corrected chi connectivity index (χ0v) is 15.1. The highest BCUT2D eigenvalue weighted by Crippen LogP contribution is 2.28. The summed E-state index contributed by atoms with van der Waals surface area (Å²) in [5.41, 5.74) is 2.23. The van der Waals surface area contributed by atoms with Crippen molar-refractivity contribution in [2.75, 3.05) is 26.2 Å². The Morgan fingerprint density at radius 2 is 2.12 bits per heavy atom. The van der Waals surface area contributed by atoms with E-state index in [-0.39, 0.29) is 0 Å². The van der Waals surface area contributed by atoms with Gasteiger partial charge in [-0.1, -0.05) is 13.3 Å². The normalized spacial score (nSPS) is 17.0. The maximum atomic E-state index is 6.17. The number of likely N-dealkylation sites (tertiary alicyclic amines) is 1. The van der Waals surface area contributed by atoms with Crippen molar-refractivity contribution in [2.45, 2.75) is 32.6 Å². The number of rotatable bonds is 6. The Hall–Kier alpha value is -1.59. The fourth-order valence-electron chi connectivity index (χ4n) is 3.54. The van der Waals surface area contributed by atoms with Crippen LogP contribution in [0.4, 0.5) is 0 Å². The molecule has 4 rings (SSSR count). The van der Waals surface area contributed by atoms with Crippen LogP contribution in [0.1, 0.15) is 32.6 Å². The summed E-state index contributed by atoms with van der Waals surface area (Å²) in [6, 6.07) is 6.27. The molecule has 0 bridgehead atoms. The van der Waals surface area contributed by atoms with Crippen molar-refractivity contribution in [1.82, 2.24) is 14.3 Å². The largest absolute Gasteiger partial charge is 0.476 e. The molecule has 4 heterocycles. The molecule has 4 nitrogen and oxygen atoms in total. The smallest absolute Gasteiger partial charge is 0.239 e. The number of unbranched alkanes of at least 4 members (excludes halogenated alkanes) is 1. The number of aromatic nitrogens is 2. The number of nitrogens with zero attached hydrogens (tertiary/aromatic N) is 3. The number of ether oxygens (including phenoxy) is 1. The maximum absolute atomic E-state index is 6.17. The van der Waals surface area contributed by atoms with Crippen LogP contribution >= 0.6 is 11.3 Å². The van der Waals surface area contributed by atoms with E-state index in [2.05, 4.69) is 46.0 Å². The molecule has 24 heavy (non-hydrogen) atoms. The quantitative estimate of drug-likeness (QED) is 0.663. The molecule has 5 heteroatoms. The lowest BCUT2D eigenvalue weighted by Crippen LogP contribution is -2.36. The van der Waals surface area contributed by atoms with Gasteiger partial charge in [0.2, 0.25) is 5.88 Å². The maximum Gasteiger partial charge on any atom is 0.239 e. The van der Waals surface area contributed by atoms with Gasteiger partial charge in [-0.15, -0.1) is 11.3 Å². The summed E-state index contributed by atoms with van der Waals surface area (Å²) >= 11 is 1.67. The summed E-state index contributed by atoms with van der Waals surface area (Å²) in [5.74, 6) is 1.43. The molecule has 1 fully saturated rings. The highest BCUT2D eigenvalue weighted by Gasteiger charge is 2.20. The highest BCUT2D eigenvalue weighted by molar-refractivity contribution is 7.16. The van der Waals surface area contributed by atoms with Crippen molar-refractivity contribution in [3.8, 4) is 5.88 Å². The fraction of sp³-hybridized carbons (Fsp3) is 0.526. The molecule has 0 N–H and O–H groups in total. The minimum absolute atomic E-state index is 0.652. The second-order valence-corrected chi connectivity index (χ2v) is 7.64. The first-order valence-corrected chi connectivity index (χ1v) is 9.92. The van der Waals surface area contributed by atoms with Gasteiger partial charge in [0, 0.05) is 6.20 Å². The molecule has 0 amide bonds. The Balaban J connectivity index is 1.41. The van der Waals surface area contributed by atoms with Crippen LogP contribution in [0.25, 0.3) is 15.9 Å². The Bertz CT molecular complexity index is 801. The standard InChI is InChI=1S/C19H25N3OS/c1-2-3-9-21-11-6-15(7-12-21)14-23-18-16-5-4-10-22(16)17-8-13-24-19(17)20-18/h4-5,8,10,13,15H,2-3,6-7,9,11-12,14H2,1H3. The van der Waals surface area contributed by atoms with E-state index >= 15 is 0 Å². The van der Waals surface area contributed by atoms with Crippen LogP contribution in [-0.4, -0.2) is 40.5 Å². The predicted octanol–water partition coefficient (Wildman–Crippen LogP) is 4.44. The first kappa shape index (κ1) is 15.9. The average Bonchev–Trinajstić information content (AvgIpc) is 3.27. The van der Waals surface area contributed by atoms with E-state index in [1.165, 1.54) is 45.3 Å². The van der Waals surface area contributed by atoms with Crippen LogP contribution in [0.3, 0.4) is 0 Å². The first-order valence-electron chi connectivity index (χ1n) is 9.04. The third-order valence-corrected chi connectivity index (χ3v) is 5.84. The van der Waals surface area contributed by atoms with Crippen molar-refractivity contribution in [3.63, 3.8) is 0 Å². The molecule has 0 aromatic carbocycles. The molecule has 0 atom stereocenters. The minimum Gasteiger partial charge on any atom is -0.476 e. The molecule has 0 unspecified atom stereocenters. The van der Waals surface area contributed by atoms with Crippen LogP contribution in [0.5, 0.6) is 5.88 Å². The molecule has 1 saturated heterocycles. The van der Waals surface area contributed by atoms with Crippen molar-refractivity contribution in [2.24, 2.45) is 5.92 Å². The van der Waals surface area contributed by atoms with Crippen LogP contribution in [0.15, 0.2) is 29.8 Å². The third-order valence-electron chi connectivity index (χ3n) is 5.05. The zero-order valence-electron chi connectivity index (χ0n) is 14.3. The van der Waals surface area contributed by atoms with Gasteiger partial charge in [0.05, 0.1) is 12.1 Å². The second kappa shape index (κ2) is 7.11. The molecular weight excluding hydrogens is 318 g/mol. The molecule has 1 aliphatic rings. The lowest BCUT2D eigenvalue weighted by molar-refractivity contribution is 0.139. The fourth-order valence-corrected chi connectivity index (χ4v) is 4.29. The monoisotopic (exact) mass is 343 g/mol. The topological polar surface area (TPSA) is 29.8 Å². The van der Waals surface area contributed by atoms with Crippen molar-refractivity contribution in [1.29, 1.82) is 0 Å². The van der Waals surface area contributed by atoms with E-state index in [0.717, 1.165) is 28.4 Å². The van der Waals surface area contributed by atoms with E-state index < -0.39 is 0 Å². The molecule has 3 aromatic heterocycles. The molecule has 0 spiro atoms. The third kappa shape index (κ3) is 3.15. The summed E-state index contributed by atoms with van der Waals surface area (Å²) in [4.78, 5) is 8.38. The van der Waals surface area contributed by atoms with Gasteiger partial charge in [-0.05, 0) is 68.4 Å². The van der Waals surface area contributed by atoms with Gasteiger partial charge >= 0.3 is 0 Å². The summed E-state index contributed by atoms with van der Waals surface area (Å²) < 4.78 is 8.35. The number of hydrogen-bond acceptors (Lipinski definition) is 4. The summed E-state index contributed by atoms with van der Waals surface area (Å²) in [6.07, 6.45) is 7.17. The Kier molecular flexibility index (Phi) is 4.72. The lowest BCUT2D eigenvalue weighted by atomic mass is 9.97. The van der Waals surface area contributed by atoms with Crippen molar-refractivity contribution < 1.29 is 4.74 Å². The van der Waals surface area contributed by atoms with E-state index in [9.17, 15) is 0 Å². The highest BCUT2D eigenvalue weighted by atomic mass is 32.1. The van der Waals surface area contributed by atoms with Crippen LogP contribution < -0.4 is 4.74 Å². The van der Waals surface area contributed by atoms with Gasteiger partial charge in [-0.3, -0.25) is 0 Å². The second-order valence-electron chi connectivity index (χ2n) is 6.74. The summed E-state index contributed by atoms with van der Waals surface area (Å²) in [5, 5.41) is 2.09. The predicted molar refractivity (Wildman–Crippen MR) is 100 cm³/mol.